The minimum Gasteiger partial charge on any atom is -0.308 e. The molecule has 0 saturated carbocycles. The van der Waals surface area contributed by atoms with Gasteiger partial charge in [0, 0.05) is 6.20 Å². The molecule has 0 saturated heterocycles. The molecule has 0 bridgehead atoms. The molecule has 2 rings (SSSR count). The number of aromatic nitrogens is 2. The fraction of sp³-hybridized carbons (Fsp3) is 0.333. The summed E-state index contributed by atoms with van der Waals surface area (Å²) in [5.74, 6) is 0.561. The molecular formula is C15H19N3. The second-order valence-corrected chi connectivity index (χ2v) is 4.68. The smallest absolute Gasteiger partial charge is 0.115 e. The molecule has 0 amide bonds. The van der Waals surface area contributed by atoms with Gasteiger partial charge in [-0.3, -0.25) is 0 Å². The van der Waals surface area contributed by atoms with Crippen LogP contribution in [-0.4, -0.2) is 17.0 Å². The molecule has 0 aliphatic rings. The van der Waals surface area contributed by atoms with Crippen molar-refractivity contribution in [3.63, 3.8) is 0 Å². The molecule has 1 atom stereocenters. The van der Waals surface area contributed by atoms with E-state index in [4.69, 9.17) is 0 Å². The Hall–Kier alpha value is -1.74. The summed E-state index contributed by atoms with van der Waals surface area (Å²) in [6, 6.07) is 10.8. The van der Waals surface area contributed by atoms with Crippen LogP contribution in [0.3, 0.4) is 0 Å². The topological polar surface area (TPSA) is 37.8 Å². The van der Waals surface area contributed by atoms with E-state index in [-0.39, 0.29) is 6.04 Å². The molecule has 1 heterocycles. The van der Waals surface area contributed by atoms with Crippen molar-refractivity contribution >= 4 is 0 Å². The minimum atomic E-state index is 0.120. The zero-order valence-electron chi connectivity index (χ0n) is 11.1. The number of nitrogens with zero attached hydrogens (tertiary/aromatic N) is 2. The lowest BCUT2D eigenvalue weighted by Gasteiger charge is -2.16. The van der Waals surface area contributed by atoms with E-state index < -0.39 is 0 Å². The highest BCUT2D eigenvalue weighted by atomic mass is 14.9. The van der Waals surface area contributed by atoms with Crippen molar-refractivity contribution in [3.05, 3.63) is 59.7 Å². The van der Waals surface area contributed by atoms with Crippen LogP contribution in [0, 0.1) is 0 Å². The molecular weight excluding hydrogens is 222 g/mol. The molecule has 0 radical (unpaired) electrons. The van der Waals surface area contributed by atoms with Crippen LogP contribution in [0.25, 0.3) is 0 Å². The van der Waals surface area contributed by atoms with Gasteiger partial charge in [0.2, 0.25) is 0 Å². The summed E-state index contributed by atoms with van der Waals surface area (Å²) in [6.07, 6.45) is 3.36. The highest BCUT2D eigenvalue weighted by Crippen LogP contribution is 2.22. The van der Waals surface area contributed by atoms with E-state index in [0.29, 0.717) is 5.92 Å². The van der Waals surface area contributed by atoms with E-state index >= 15 is 0 Å². The Bertz CT molecular complexity index is 477. The lowest BCUT2D eigenvalue weighted by atomic mass is 9.98. The molecule has 1 N–H and O–H groups in total. The van der Waals surface area contributed by atoms with Crippen molar-refractivity contribution in [1.82, 2.24) is 15.3 Å². The number of nitrogens with one attached hydrogen (secondary N) is 1. The van der Waals surface area contributed by atoms with Gasteiger partial charge in [0.1, 0.15) is 6.33 Å². The second kappa shape index (κ2) is 5.74. The fourth-order valence-electron chi connectivity index (χ4n) is 2.03. The second-order valence-electron chi connectivity index (χ2n) is 4.68. The third kappa shape index (κ3) is 2.74. The van der Waals surface area contributed by atoms with Crippen LogP contribution in [0.15, 0.2) is 42.9 Å². The van der Waals surface area contributed by atoms with E-state index in [1.165, 1.54) is 11.1 Å². The molecule has 1 unspecified atom stereocenters. The number of benzene rings is 1. The van der Waals surface area contributed by atoms with Gasteiger partial charge in [0.05, 0.1) is 11.7 Å². The first kappa shape index (κ1) is 12.7. The van der Waals surface area contributed by atoms with Gasteiger partial charge in [-0.1, -0.05) is 38.1 Å². The van der Waals surface area contributed by atoms with Crippen molar-refractivity contribution < 1.29 is 0 Å². The summed E-state index contributed by atoms with van der Waals surface area (Å²) in [6.45, 7) is 4.41. The predicted octanol–water partition coefficient (Wildman–Crippen LogP) is 2.91. The molecule has 18 heavy (non-hydrogen) atoms. The van der Waals surface area contributed by atoms with E-state index in [9.17, 15) is 0 Å². The van der Waals surface area contributed by atoms with Crippen LogP contribution in [0.1, 0.15) is 42.6 Å². The summed E-state index contributed by atoms with van der Waals surface area (Å²) in [4.78, 5) is 8.26. The lowest BCUT2D eigenvalue weighted by molar-refractivity contribution is 0.667. The average Bonchev–Trinajstić information content (AvgIpc) is 2.41. The summed E-state index contributed by atoms with van der Waals surface area (Å²) in [5, 5.41) is 3.29. The first-order valence-corrected chi connectivity index (χ1v) is 6.25. The quantitative estimate of drug-likeness (QED) is 0.894. The largest absolute Gasteiger partial charge is 0.308 e. The van der Waals surface area contributed by atoms with E-state index in [1.54, 1.807) is 12.5 Å². The third-order valence-corrected chi connectivity index (χ3v) is 3.13. The average molecular weight is 241 g/mol. The standard InChI is InChI=1S/C15H19N3/c1-11(2)12-4-6-13(7-5-12)15(16-3)14-8-9-17-10-18-14/h4-11,15-16H,1-3H3. The first-order chi connectivity index (χ1) is 8.72. The lowest BCUT2D eigenvalue weighted by Crippen LogP contribution is -2.18. The van der Waals surface area contributed by atoms with Crippen LogP contribution in [0.5, 0.6) is 0 Å². The Morgan fingerprint density at radius 1 is 1.00 bits per heavy atom. The van der Waals surface area contributed by atoms with Crippen molar-refractivity contribution in [2.45, 2.75) is 25.8 Å². The van der Waals surface area contributed by atoms with Gasteiger partial charge in [-0.15, -0.1) is 0 Å². The van der Waals surface area contributed by atoms with Crippen molar-refractivity contribution in [3.8, 4) is 0 Å². The number of hydrogen-bond acceptors (Lipinski definition) is 3. The Labute approximate surface area is 108 Å². The molecule has 94 valence electrons. The number of rotatable bonds is 4. The first-order valence-electron chi connectivity index (χ1n) is 6.25. The van der Waals surface area contributed by atoms with Gasteiger partial charge in [-0.25, -0.2) is 9.97 Å². The molecule has 0 aliphatic heterocycles. The summed E-state index contributed by atoms with van der Waals surface area (Å²) < 4.78 is 0. The Balaban J connectivity index is 2.28. The summed E-state index contributed by atoms with van der Waals surface area (Å²) >= 11 is 0. The molecule has 0 spiro atoms. The minimum absolute atomic E-state index is 0.120. The summed E-state index contributed by atoms with van der Waals surface area (Å²) in [5.41, 5.74) is 3.57. The van der Waals surface area contributed by atoms with Gasteiger partial charge in [0.15, 0.2) is 0 Å². The van der Waals surface area contributed by atoms with Gasteiger partial charge in [0.25, 0.3) is 0 Å². The molecule has 3 nitrogen and oxygen atoms in total. The molecule has 2 aromatic rings. The van der Waals surface area contributed by atoms with E-state index in [2.05, 4.69) is 53.4 Å². The van der Waals surface area contributed by atoms with Crippen LogP contribution in [0.2, 0.25) is 0 Å². The Kier molecular flexibility index (Phi) is 4.05. The molecule has 0 fully saturated rings. The number of hydrogen-bond donors (Lipinski definition) is 1. The van der Waals surface area contributed by atoms with Gasteiger partial charge in [-0.05, 0) is 30.2 Å². The molecule has 0 aliphatic carbocycles. The van der Waals surface area contributed by atoms with Crippen LogP contribution in [-0.2, 0) is 0 Å². The monoisotopic (exact) mass is 241 g/mol. The van der Waals surface area contributed by atoms with E-state index in [1.807, 2.05) is 13.1 Å². The van der Waals surface area contributed by atoms with Crippen molar-refractivity contribution in [1.29, 1.82) is 0 Å². The molecule has 1 aromatic heterocycles. The molecule has 1 aromatic carbocycles. The normalized spacial score (nSPS) is 12.7. The zero-order valence-corrected chi connectivity index (χ0v) is 11.1. The molecule has 3 heteroatoms. The summed E-state index contributed by atoms with van der Waals surface area (Å²) in [7, 11) is 1.95. The maximum absolute atomic E-state index is 4.31. The van der Waals surface area contributed by atoms with E-state index in [0.717, 1.165) is 5.69 Å². The zero-order chi connectivity index (χ0) is 13.0. The predicted molar refractivity (Wildman–Crippen MR) is 73.5 cm³/mol. The van der Waals surface area contributed by atoms with Crippen molar-refractivity contribution in [2.24, 2.45) is 0 Å². The van der Waals surface area contributed by atoms with Crippen LogP contribution >= 0.6 is 0 Å². The Morgan fingerprint density at radius 2 is 1.67 bits per heavy atom. The fourth-order valence-corrected chi connectivity index (χ4v) is 2.03. The maximum Gasteiger partial charge on any atom is 0.115 e. The highest BCUT2D eigenvalue weighted by Gasteiger charge is 2.13. The third-order valence-electron chi connectivity index (χ3n) is 3.13. The van der Waals surface area contributed by atoms with Gasteiger partial charge >= 0.3 is 0 Å². The van der Waals surface area contributed by atoms with Crippen molar-refractivity contribution in [2.75, 3.05) is 7.05 Å². The van der Waals surface area contributed by atoms with Gasteiger partial charge in [-0.2, -0.15) is 0 Å². The van der Waals surface area contributed by atoms with Crippen LogP contribution < -0.4 is 5.32 Å². The highest BCUT2D eigenvalue weighted by molar-refractivity contribution is 5.31. The maximum atomic E-state index is 4.31. The van der Waals surface area contributed by atoms with Gasteiger partial charge < -0.3 is 5.32 Å². The Morgan fingerprint density at radius 3 is 2.17 bits per heavy atom. The SMILES string of the molecule is CNC(c1ccc(C(C)C)cc1)c1ccncn1. The van der Waals surface area contributed by atoms with Crippen LogP contribution in [0.4, 0.5) is 0 Å².